The number of nitrogens with zero attached hydrogens (tertiary/aromatic N) is 2. The number of nitrogens with two attached hydrogens (primary N) is 1. The maximum Gasteiger partial charge on any atom is 0.186 e. The van der Waals surface area contributed by atoms with Gasteiger partial charge >= 0.3 is 0 Å². The van der Waals surface area contributed by atoms with E-state index in [1.54, 1.807) is 25.4 Å². The summed E-state index contributed by atoms with van der Waals surface area (Å²) in [6.45, 7) is 0.599. The Morgan fingerprint density at radius 3 is 2.50 bits per heavy atom. The molecule has 0 aromatic heterocycles. The summed E-state index contributed by atoms with van der Waals surface area (Å²) in [5.74, 6) is 1.27. The van der Waals surface area contributed by atoms with Gasteiger partial charge in [0.15, 0.2) is 16.6 Å². The third-order valence-electron chi connectivity index (χ3n) is 3.48. The van der Waals surface area contributed by atoms with Gasteiger partial charge < -0.3 is 15.2 Å². The summed E-state index contributed by atoms with van der Waals surface area (Å²) < 4.78 is 10.7. The molecule has 0 saturated carbocycles. The smallest absolute Gasteiger partial charge is 0.186 e. The average Bonchev–Trinajstić information content (AvgIpc) is 2.61. The van der Waals surface area contributed by atoms with E-state index < -0.39 is 0 Å². The summed E-state index contributed by atoms with van der Waals surface area (Å²) in [7, 11) is 3.19. The highest BCUT2D eigenvalue weighted by atomic mass is 32.1. The van der Waals surface area contributed by atoms with E-state index in [1.165, 1.54) is 5.56 Å². The number of para-hydroxylation sites is 1. The molecule has 0 spiro atoms. The number of hydrogen-bond donors (Lipinski definition) is 1. The van der Waals surface area contributed by atoms with Crippen molar-refractivity contribution in [2.75, 3.05) is 20.8 Å². The zero-order valence-electron chi connectivity index (χ0n) is 13.8. The van der Waals surface area contributed by atoms with Crippen LogP contribution in [-0.2, 0) is 6.42 Å². The van der Waals surface area contributed by atoms with E-state index in [0.29, 0.717) is 18.0 Å². The molecule has 0 unspecified atom stereocenters. The Morgan fingerprint density at radius 2 is 1.88 bits per heavy atom. The fourth-order valence-electron chi connectivity index (χ4n) is 2.25. The van der Waals surface area contributed by atoms with Gasteiger partial charge in [-0.3, -0.25) is 0 Å². The molecular weight excluding hydrogens is 322 g/mol. The molecule has 0 amide bonds. The van der Waals surface area contributed by atoms with Crippen molar-refractivity contribution in [3.63, 3.8) is 0 Å². The van der Waals surface area contributed by atoms with E-state index in [9.17, 15) is 0 Å². The Morgan fingerprint density at radius 1 is 1.12 bits per heavy atom. The first-order valence-electron chi connectivity index (χ1n) is 7.51. The van der Waals surface area contributed by atoms with Gasteiger partial charge in [-0.05, 0) is 36.3 Å². The van der Waals surface area contributed by atoms with Crippen molar-refractivity contribution in [2.45, 2.75) is 6.42 Å². The quantitative estimate of drug-likeness (QED) is 0.476. The maximum absolute atomic E-state index is 5.78. The molecule has 2 aromatic carbocycles. The summed E-state index contributed by atoms with van der Waals surface area (Å²) in [5.41, 5.74) is 7.77. The molecular formula is C18H21N3O2S. The van der Waals surface area contributed by atoms with Crippen molar-refractivity contribution in [2.24, 2.45) is 10.8 Å². The molecule has 2 N–H and O–H groups in total. The van der Waals surface area contributed by atoms with E-state index in [0.717, 1.165) is 12.0 Å². The summed E-state index contributed by atoms with van der Waals surface area (Å²) in [6, 6.07) is 15.7. The van der Waals surface area contributed by atoms with Crippen molar-refractivity contribution in [3.05, 3.63) is 59.7 Å². The highest BCUT2D eigenvalue weighted by Crippen LogP contribution is 2.29. The minimum Gasteiger partial charge on any atom is -0.493 e. The second-order valence-corrected chi connectivity index (χ2v) is 5.44. The number of benzene rings is 2. The molecule has 126 valence electrons. The van der Waals surface area contributed by atoms with Crippen LogP contribution in [0.2, 0.25) is 0 Å². The van der Waals surface area contributed by atoms with Gasteiger partial charge in [0, 0.05) is 12.1 Å². The molecule has 2 aromatic rings. The number of methoxy groups -OCH3 is 2. The molecule has 6 heteroatoms. The minimum atomic E-state index is 0.226. The third kappa shape index (κ3) is 4.70. The van der Waals surface area contributed by atoms with Crippen molar-refractivity contribution in [1.29, 1.82) is 0 Å². The van der Waals surface area contributed by atoms with Crippen molar-refractivity contribution >= 4 is 23.5 Å². The van der Waals surface area contributed by atoms with Crippen LogP contribution in [0.4, 0.5) is 0 Å². The molecule has 0 bridgehead atoms. The third-order valence-corrected chi connectivity index (χ3v) is 3.69. The zero-order chi connectivity index (χ0) is 17.4. The Labute approximate surface area is 147 Å². The van der Waals surface area contributed by atoms with E-state index in [-0.39, 0.29) is 5.11 Å². The van der Waals surface area contributed by atoms with Crippen LogP contribution >= 0.6 is 12.2 Å². The van der Waals surface area contributed by atoms with Gasteiger partial charge in [-0.25, -0.2) is 5.01 Å². The SMILES string of the molecule is COc1cccc(/C=N/N(CCc2ccccc2)C(N)=S)c1OC. The Kier molecular flexibility index (Phi) is 6.57. The van der Waals surface area contributed by atoms with Crippen LogP contribution in [-0.4, -0.2) is 37.1 Å². The summed E-state index contributed by atoms with van der Waals surface area (Å²) in [4.78, 5) is 0. The molecule has 0 atom stereocenters. The Balaban J connectivity index is 2.13. The topological polar surface area (TPSA) is 60.1 Å². The van der Waals surface area contributed by atoms with Crippen LogP contribution in [0.25, 0.3) is 0 Å². The number of hydrazone groups is 1. The predicted octanol–water partition coefficient (Wildman–Crippen LogP) is 2.83. The minimum absolute atomic E-state index is 0.226. The van der Waals surface area contributed by atoms with E-state index in [4.69, 9.17) is 27.4 Å². The molecule has 5 nitrogen and oxygen atoms in total. The molecule has 24 heavy (non-hydrogen) atoms. The monoisotopic (exact) mass is 343 g/mol. The van der Waals surface area contributed by atoms with Crippen molar-refractivity contribution in [3.8, 4) is 11.5 Å². The molecule has 0 saturated heterocycles. The second-order valence-electron chi connectivity index (χ2n) is 5.02. The van der Waals surface area contributed by atoms with Crippen LogP contribution in [0.3, 0.4) is 0 Å². The summed E-state index contributed by atoms with van der Waals surface area (Å²) in [5, 5.41) is 6.22. The lowest BCUT2D eigenvalue weighted by Crippen LogP contribution is -2.32. The van der Waals surface area contributed by atoms with Gasteiger partial charge in [-0.2, -0.15) is 5.10 Å². The molecule has 2 rings (SSSR count). The van der Waals surface area contributed by atoms with Gasteiger partial charge in [-0.15, -0.1) is 0 Å². The lowest BCUT2D eigenvalue weighted by atomic mass is 10.1. The van der Waals surface area contributed by atoms with Gasteiger partial charge in [0.25, 0.3) is 0 Å². The van der Waals surface area contributed by atoms with Crippen LogP contribution < -0.4 is 15.2 Å². The van der Waals surface area contributed by atoms with E-state index in [2.05, 4.69) is 17.2 Å². The first-order chi connectivity index (χ1) is 11.7. The zero-order valence-corrected chi connectivity index (χ0v) is 14.6. The predicted molar refractivity (Wildman–Crippen MR) is 101 cm³/mol. The van der Waals surface area contributed by atoms with E-state index >= 15 is 0 Å². The van der Waals surface area contributed by atoms with E-state index in [1.807, 2.05) is 36.4 Å². The molecule has 0 aliphatic carbocycles. The normalized spacial score (nSPS) is 10.6. The van der Waals surface area contributed by atoms with Gasteiger partial charge in [0.05, 0.1) is 20.4 Å². The number of hydrogen-bond acceptors (Lipinski definition) is 4. The van der Waals surface area contributed by atoms with Crippen LogP contribution in [0.5, 0.6) is 11.5 Å². The maximum atomic E-state index is 5.78. The highest BCUT2D eigenvalue weighted by molar-refractivity contribution is 7.80. The first kappa shape index (κ1) is 17.7. The van der Waals surface area contributed by atoms with Crippen LogP contribution in [0.15, 0.2) is 53.6 Å². The second kappa shape index (κ2) is 8.88. The lowest BCUT2D eigenvalue weighted by molar-refractivity contribution is 0.354. The molecule has 0 heterocycles. The average molecular weight is 343 g/mol. The standard InChI is InChI=1S/C18H21N3O2S/c1-22-16-10-6-9-15(17(16)23-2)13-20-21(18(19)24)12-11-14-7-4-3-5-8-14/h3-10,13H,11-12H2,1-2H3,(H2,19,24)/b20-13+. The van der Waals surface area contributed by atoms with Gasteiger partial charge in [0.1, 0.15) is 0 Å². The highest BCUT2D eigenvalue weighted by Gasteiger charge is 2.09. The van der Waals surface area contributed by atoms with Crippen molar-refractivity contribution < 1.29 is 9.47 Å². The van der Waals surface area contributed by atoms with Gasteiger partial charge in [0.2, 0.25) is 0 Å². The first-order valence-corrected chi connectivity index (χ1v) is 7.92. The fourth-order valence-corrected chi connectivity index (χ4v) is 2.39. The molecule has 0 aliphatic rings. The number of ether oxygens (including phenoxy) is 2. The molecule has 0 fully saturated rings. The number of rotatable bonds is 7. The summed E-state index contributed by atoms with van der Waals surface area (Å²) >= 11 is 5.09. The van der Waals surface area contributed by atoms with Crippen LogP contribution in [0, 0.1) is 0 Å². The van der Waals surface area contributed by atoms with Crippen molar-refractivity contribution in [1.82, 2.24) is 5.01 Å². The Bertz CT molecular complexity index is 705. The summed E-state index contributed by atoms with van der Waals surface area (Å²) in [6.07, 6.45) is 2.47. The largest absolute Gasteiger partial charge is 0.493 e. The van der Waals surface area contributed by atoms with Crippen LogP contribution in [0.1, 0.15) is 11.1 Å². The fraction of sp³-hybridized carbons (Fsp3) is 0.222. The Hall–Kier alpha value is -2.60. The molecule has 0 radical (unpaired) electrons. The molecule has 0 aliphatic heterocycles. The number of thiocarbonyl (C=S) groups is 1. The van der Waals surface area contributed by atoms with Gasteiger partial charge in [-0.1, -0.05) is 36.4 Å². The lowest BCUT2D eigenvalue weighted by Gasteiger charge is -2.17.